The summed E-state index contributed by atoms with van der Waals surface area (Å²) in [6, 6.07) is 15.7. The quantitative estimate of drug-likeness (QED) is 0.420. The Morgan fingerprint density at radius 2 is 1.64 bits per heavy atom. The molecule has 25 heavy (non-hydrogen) atoms. The molecule has 0 saturated carbocycles. The summed E-state index contributed by atoms with van der Waals surface area (Å²) in [4.78, 5) is 28.7. The number of ketones is 1. The fourth-order valence-electron chi connectivity index (χ4n) is 2.96. The van der Waals surface area contributed by atoms with Crippen molar-refractivity contribution in [1.29, 1.82) is 0 Å². The van der Waals surface area contributed by atoms with Gasteiger partial charge >= 0.3 is 0 Å². The van der Waals surface area contributed by atoms with Crippen LogP contribution in [0.1, 0.15) is 15.9 Å². The summed E-state index contributed by atoms with van der Waals surface area (Å²) in [6.07, 6.45) is 0. The van der Waals surface area contributed by atoms with Crippen molar-refractivity contribution >= 4 is 39.2 Å². The number of pyridine rings is 1. The summed E-state index contributed by atoms with van der Waals surface area (Å²) in [5, 5.41) is 1.04. The van der Waals surface area contributed by atoms with E-state index in [-0.39, 0.29) is 21.6 Å². The molecule has 4 aromatic rings. The zero-order valence-corrected chi connectivity index (χ0v) is 13.6. The third kappa shape index (κ3) is 2.51. The van der Waals surface area contributed by atoms with Gasteiger partial charge in [-0.15, -0.1) is 0 Å². The number of H-pyrrole nitrogens is 1. The van der Waals surface area contributed by atoms with Gasteiger partial charge < -0.3 is 4.98 Å². The van der Waals surface area contributed by atoms with Crippen molar-refractivity contribution in [3.05, 3.63) is 92.9 Å². The maximum atomic E-state index is 14.0. The molecule has 0 fully saturated rings. The molecule has 0 bridgehead atoms. The van der Waals surface area contributed by atoms with Gasteiger partial charge in [0, 0.05) is 26.9 Å². The minimum atomic E-state index is -0.622. The molecule has 5 heteroatoms. The molecule has 0 spiro atoms. The highest BCUT2D eigenvalue weighted by atomic mass is 35.5. The number of carbonyl (C=O) groups is 1. The summed E-state index contributed by atoms with van der Waals surface area (Å²) in [5.74, 6) is -1.15. The summed E-state index contributed by atoms with van der Waals surface area (Å²) in [7, 11) is 0. The molecular formula is C20H11ClFNO2. The predicted octanol–water partition coefficient (Wildman–Crippen LogP) is 4.70. The van der Waals surface area contributed by atoms with E-state index in [1.807, 2.05) is 0 Å². The Bertz CT molecular complexity index is 1210. The topological polar surface area (TPSA) is 49.9 Å². The van der Waals surface area contributed by atoms with E-state index in [9.17, 15) is 14.0 Å². The SMILES string of the molecule is O=C(c1ccccc1F)c1cc(Cl)cc2c(=O)c3ccccc3[nH]c12. The van der Waals surface area contributed by atoms with Crippen LogP contribution in [0.4, 0.5) is 4.39 Å². The summed E-state index contributed by atoms with van der Waals surface area (Å²) < 4.78 is 14.0. The van der Waals surface area contributed by atoms with Crippen LogP contribution in [-0.4, -0.2) is 10.8 Å². The minimum Gasteiger partial charge on any atom is -0.354 e. The van der Waals surface area contributed by atoms with Gasteiger partial charge in [0.1, 0.15) is 5.82 Å². The van der Waals surface area contributed by atoms with Gasteiger partial charge in [0.25, 0.3) is 0 Å². The molecule has 0 unspecified atom stereocenters. The Balaban J connectivity index is 2.09. The molecule has 0 atom stereocenters. The maximum Gasteiger partial charge on any atom is 0.198 e. The maximum absolute atomic E-state index is 14.0. The Labute approximate surface area is 146 Å². The molecule has 0 saturated heterocycles. The van der Waals surface area contributed by atoms with Crippen LogP contribution >= 0.6 is 11.6 Å². The first kappa shape index (κ1) is 15.5. The number of fused-ring (bicyclic) bond motifs is 2. The van der Waals surface area contributed by atoms with E-state index < -0.39 is 11.6 Å². The second-order valence-electron chi connectivity index (χ2n) is 5.68. The molecule has 1 heterocycles. The fraction of sp³-hybridized carbons (Fsp3) is 0. The second kappa shape index (κ2) is 5.83. The summed E-state index contributed by atoms with van der Waals surface area (Å²) in [5.41, 5.74) is 0.816. The van der Waals surface area contributed by atoms with E-state index in [0.717, 1.165) is 0 Å². The van der Waals surface area contributed by atoms with Gasteiger partial charge in [-0.1, -0.05) is 35.9 Å². The molecule has 1 N–H and O–H groups in total. The molecule has 0 radical (unpaired) electrons. The molecule has 0 aliphatic rings. The smallest absolute Gasteiger partial charge is 0.198 e. The number of halogens is 2. The lowest BCUT2D eigenvalue weighted by Crippen LogP contribution is -2.10. The Kier molecular flexibility index (Phi) is 3.62. The van der Waals surface area contributed by atoms with Gasteiger partial charge in [0.2, 0.25) is 0 Å². The van der Waals surface area contributed by atoms with Crippen molar-refractivity contribution in [3.63, 3.8) is 0 Å². The Morgan fingerprint density at radius 3 is 2.44 bits per heavy atom. The highest BCUT2D eigenvalue weighted by Gasteiger charge is 2.19. The molecule has 0 aliphatic heterocycles. The van der Waals surface area contributed by atoms with Crippen molar-refractivity contribution in [2.75, 3.05) is 0 Å². The number of rotatable bonds is 2. The number of carbonyl (C=O) groups excluding carboxylic acids is 1. The number of para-hydroxylation sites is 1. The first-order valence-electron chi connectivity index (χ1n) is 7.60. The lowest BCUT2D eigenvalue weighted by Gasteiger charge is -2.09. The van der Waals surface area contributed by atoms with Crippen molar-refractivity contribution in [2.45, 2.75) is 0 Å². The van der Waals surface area contributed by atoms with Crippen molar-refractivity contribution in [2.24, 2.45) is 0 Å². The third-order valence-electron chi connectivity index (χ3n) is 4.14. The molecule has 0 aliphatic carbocycles. The van der Waals surface area contributed by atoms with E-state index in [1.54, 1.807) is 30.3 Å². The minimum absolute atomic E-state index is 0.0694. The highest BCUT2D eigenvalue weighted by molar-refractivity contribution is 6.32. The Morgan fingerprint density at radius 1 is 0.920 bits per heavy atom. The van der Waals surface area contributed by atoms with E-state index in [4.69, 9.17) is 11.6 Å². The number of hydrogen-bond donors (Lipinski definition) is 1. The van der Waals surface area contributed by atoms with Crippen LogP contribution in [0.5, 0.6) is 0 Å². The number of hydrogen-bond acceptors (Lipinski definition) is 2. The number of nitrogens with one attached hydrogen (secondary N) is 1. The van der Waals surface area contributed by atoms with E-state index in [0.29, 0.717) is 21.8 Å². The average molecular weight is 352 g/mol. The predicted molar refractivity (Wildman–Crippen MR) is 96.9 cm³/mol. The summed E-state index contributed by atoms with van der Waals surface area (Å²) in [6.45, 7) is 0. The zero-order chi connectivity index (χ0) is 17.6. The van der Waals surface area contributed by atoms with Crippen molar-refractivity contribution in [1.82, 2.24) is 4.98 Å². The van der Waals surface area contributed by atoms with Gasteiger partial charge in [-0.2, -0.15) is 0 Å². The Hall–Kier alpha value is -2.98. The molecule has 122 valence electrons. The van der Waals surface area contributed by atoms with Crippen LogP contribution in [0.15, 0.2) is 65.5 Å². The zero-order valence-electron chi connectivity index (χ0n) is 12.8. The lowest BCUT2D eigenvalue weighted by molar-refractivity contribution is 0.103. The van der Waals surface area contributed by atoms with Gasteiger partial charge in [-0.3, -0.25) is 9.59 Å². The standard InChI is InChI=1S/C20H11ClFNO2/c21-11-9-14(19(24)12-5-1-3-7-16(12)22)18-15(10-11)20(25)13-6-2-4-8-17(13)23-18/h1-10H,(H,23,25). The second-order valence-corrected chi connectivity index (χ2v) is 6.12. The first-order chi connectivity index (χ1) is 12.1. The van der Waals surface area contributed by atoms with Crippen LogP contribution in [0.25, 0.3) is 21.8 Å². The van der Waals surface area contributed by atoms with Gasteiger partial charge in [0.15, 0.2) is 11.2 Å². The third-order valence-corrected chi connectivity index (χ3v) is 4.36. The average Bonchev–Trinajstić information content (AvgIpc) is 2.62. The normalized spacial score (nSPS) is 11.1. The van der Waals surface area contributed by atoms with Crippen LogP contribution < -0.4 is 5.43 Å². The summed E-state index contributed by atoms with van der Waals surface area (Å²) >= 11 is 6.12. The van der Waals surface area contributed by atoms with E-state index >= 15 is 0 Å². The van der Waals surface area contributed by atoms with E-state index in [2.05, 4.69) is 4.98 Å². The molecule has 3 aromatic carbocycles. The van der Waals surface area contributed by atoms with Gasteiger partial charge in [-0.25, -0.2) is 4.39 Å². The number of benzene rings is 3. The van der Waals surface area contributed by atoms with Crippen LogP contribution in [0, 0.1) is 5.82 Å². The lowest BCUT2D eigenvalue weighted by atomic mass is 9.99. The first-order valence-corrected chi connectivity index (χ1v) is 7.97. The van der Waals surface area contributed by atoms with Crippen molar-refractivity contribution in [3.8, 4) is 0 Å². The molecule has 0 amide bonds. The molecule has 4 rings (SSSR count). The molecular weight excluding hydrogens is 341 g/mol. The van der Waals surface area contributed by atoms with Gasteiger partial charge in [0.05, 0.1) is 11.1 Å². The van der Waals surface area contributed by atoms with Crippen LogP contribution in [0.2, 0.25) is 5.02 Å². The number of aromatic nitrogens is 1. The monoisotopic (exact) mass is 351 g/mol. The van der Waals surface area contributed by atoms with Crippen LogP contribution in [0.3, 0.4) is 0 Å². The highest BCUT2D eigenvalue weighted by Crippen LogP contribution is 2.25. The van der Waals surface area contributed by atoms with Gasteiger partial charge in [-0.05, 0) is 36.4 Å². The van der Waals surface area contributed by atoms with Crippen LogP contribution in [-0.2, 0) is 0 Å². The molecule has 1 aromatic heterocycles. The fourth-order valence-corrected chi connectivity index (χ4v) is 3.18. The van der Waals surface area contributed by atoms with E-state index in [1.165, 1.54) is 30.3 Å². The largest absolute Gasteiger partial charge is 0.354 e. The van der Waals surface area contributed by atoms with Crippen molar-refractivity contribution < 1.29 is 9.18 Å². The number of aromatic amines is 1. The molecule has 3 nitrogen and oxygen atoms in total.